The van der Waals surface area contributed by atoms with E-state index in [2.05, 4.69) is 24.1 Å². The summed E-state index contributed by atoms with van der Waals surface area (Å²) in [5.74, 6) is -0.237. The average Bonchev–Trinajstić information content (AvgIpc) is 2.38. The van der Waals surface area contributed by atoms with Gasteiger partial charge in [-0.05, 0) is 44.6 Å². The van der Waals surface area contributed by atoms with Crippen LogP contribution in [0.5, 0.6) is 0 Å². The van der Waals surface area contributed by atoms with E-state index in [1.165, 1.54) is 18.2 Å². The number of unbranched alkanes of at least 4 members (excludes halogenated alkanes) is 1. The minimum absolute atomic E-state index is 0.113. The summed E-state index contributed by atoms with van der Waals surface area (Å²) in [5.41, 5.74) is 0.422. The van der Waals surface area contributed by atoms with Gasteiger partial charge in [0.05, 0.1) is 5.70 Å². The lowest BCUT2D eigenvalue weighted by Gasteiger charge is -2.17. The summed E-state index contributed by atoms with van der Waals surface area (Å²) in [5, 5.41) is 3.03. The zero-order valence-corrected chi connectivity index (χ0v) is 11.2. The van der Waals surface area contributed by atoms with Gasteiger partial charge >= 0.3 is 0 Å². The first-order chi connectivity index (χ1) is 8.67. The lowest BCUT2D eigenvalue weighted by molar-refractivity contribution is -0.114. The van der Waals surface area contributed by atoms with Crippen LogP contribution in [0.2, 0.25) is 0 Å². The van der Waals surface area contributed by atoms with Gasteiger partial charge in [-0.25, -0.2) is 0 Å². The third-order valence-corrected chi connectivity index (χ3v) is 3.06. The molecule has 4 nitrogen and oxygen atoms in total. The number of carbonyl (C=O) groups is 2. The van der Waals surface area contributed by atoms with Crippen molar-refractivity contribution in [3.8, 4) is 0 Å². The van der Waals surface area contributed by atoms with E-state index in [9.17, 15) is 9.59 Å². The molecule has 0 saturated carbocycles. The summed E-state index contributed by atoms with van der Waals surface area (Å²) >= 11 is 0. The summed E-state index contributed by atoms with van der Waals surface area (Å²) in [7, 11) is 0. The van der Waals surface area contributed by atoms with E-state index in [-0.39, 0.29) is 11.6 Å². The van der Waals surface area contributed by atoms with Crippen LogP contribution in [0.3, 0.4) is 0 Å². The molecule has 0 radical (unpaired) electrons. The highest BCUT2D eigenvalue weighted by Crippen LogP contribution is 2.02. The third kappa shape index (κ3) is 4.84. The van der Waals surface area contributed by atoms with Gasteiger partial charge in [0.2, 0.25) is 5.78 Å². The number of rotatable bonds is 8. The van der Waals surface area contributed by atoms with Gasteiger partial charge in [-0.1, -0.05) is 13.8 Å². The number of hydrogen-bond acceptors (Lipinski definition) is 4. The Morgan fingerprint density at radius 3 is 2.50 bits per heavy atom. The monoisotopic (exact) mass is 250 g/mol. The van der Waals surface area contributed by atoms with E-state index in [0.717, 1.165) is 39.0 Å². The molecule has 4 heteroatoms. The molecule has 0 aromatic heterocycles. The van der Waals surface area contributed by atoms with Crippen molar-refractivity contribution in [1.82, 2.24) is 10.2 Å². The molecular weight excluding hydrogens is 228 g/mol. The Labute approximate surface area is 109 Å². The van der Waals surface area contributed by atoms with Gasteiger partial charge in [0.1, 0.15) is 0 Å². The molecule has 0 fully saturated rings. The number of nitrogens with zero attached hydrogens (tertiary/aromatic N) is 1. The van der Waals surface area contributed by atoms with Gasteiger partial charge in [-0.2, -0.15) is 0 Å². The molecule has 1 rings (SSSR count). The van der Waals surface area contributed by atoms with E-state index in [4.69, 9.17) is 0 Å². The lowest BCUT2D eigenvalue weighted by Crippen LogP contribution is -2.26. The molecule has 1 N–H and O–H groups in total. The average molecular weight is 250 g/mol. The van der Waals surface area contributed by atoms with Gasteiger partial charge in [-0.15, -0.1) is 0 Å². The molecule has 1 aliphatic carbocycles. The lowest BCUT2D eigenvalue weighted by atomic mass is 10.1. The van der Waals surface area contributed by atoms with Gasteiger partial charge < -0.3 is 10.2 Å². The first-order valence-electron chi connectivity index (χ1n) is 6.61. The van der Waals surface area contributed by atoms with Crippen LogP contribution < -0.4 is 5.32 Å². The second kappa shape index (κ2) is 7.82. The van der Waals surface area contributed by atoms with Crippen molar-refractivity contribution in [2.24, 2.45) is 0 Å². The molecule has 0 amide bonds. The summed E-state index contributed by atoms with van der Waals surface area (Å²) in [6, 6.07) is 0. The van der Waals surface area contributed by atoms with Gasteiger partial charge in [0, 0.05) is 12.6 Å². The molecule has 0 aliphatic heterocycles. The van der Waals surface area contributed by atoms with E-state index < -0.39 is 0 Å². The van der Waals surface area contributed by atoms with Crippen molar-refractivity contribution in [1.29, 1.82) is 0 Å². The van der Waals surface area contributed by atoms with E-state index in [1.54, 1.807) is 0 Å². The minimum atomic E-state index is -0.125. The molecule has 0 spiro atoms. The van der Waals surface area contributed by atoms with Crippen LogP contribution in [0, 0.1) is 0 Å². The first kappa shape index (κ1) is 14.6. The molecule has 18 heavy (non-hydrogen) atoms. The van der Waals surface area contributed by atoms with Crippen LogP contribution in [-0.2, 0) is 9.59 Å². The van der Waals surface area contributed by atoms with Crippen molar-refractivity contribution in [2.45, 2.75) is 26.7 Å². The van der Waals surface area contributed by atoms with Crippen LogP contribution >= 0.6 is 0 Å². The highest BCUT2D eigenvalue weighted by molar-refractivity contribution is 6.16. The Hall–Kier alpha value is -1.42. The first-order valence-corrected chi connectivity index (χ1v) is 6.61. The van der Waals surface area contributed by atoms with E-state index in [0.29, 0.717) is 5.70 Å². The molecule has 0 unspecified atom stereocenters. The Kier molecular flexibility index (Phi) is 6.36. The number of nitrogens with one attached hydrogen (secondary N) is 1. The van der Waals surface area contributed by atoms with Crippen molar-refractivity contribution in [3.05, 3.63) is 23.9 Å². The third-order valence-electron chi connectivity index (χ3n) is 3.06. The highest BCUT2D eigenvalue weighted by Gasteiger charge is 2.11. The smallest absolute Gasteiger partial charge is 0.201 e. The molecule has 0 saturated heterocycles. The molecule has 0 atom stereocenters. The highest BCUT2D eigenvalue weighted by atomic mass is 16.1. The van der Waals surface area contributed by atoms with E-state index in [1.807, 2.05) is 0 Å². The number of carbonyl (C=O) groups excluding carboxylic acids is 2. The Morgan fingerprint density at radius 1 is 1.11 bits per heavy atom. The second-order valence-corrected chi connectivity index (χ2v) is 4.32. The maximum absolute atomic E-state index is 11.4. The van der Waals surface area contributed by atoms with Crippen molar-refractivity contribution in [2.75, 3.05) is 26.2 Å². The van der Waals surface area contributed by atoms with Crippen LogP contribution in [-0.4, -0.2) is 42.6 Å². The predicted molar refractivity (Wildman–Crippen MR) is 72.3 cm³/mol. The molecule has 100 valence electrons. The summed E-state index contributed by atoms with van der Waals surface area (Å²) < 4.78 is 0. The fourth-order valence-electron chi connectivity index (χ4n) is 1.87. The largest absolute Gasteiger partial charge is 0.382 e. The normalized spacial score (nSPS) is 15.2. The van der Waals surface area contributed by atoms with Gasteiger partial charge in [-0.3, -0.25) is 9.59 Å². The molecule has 0 aromatic carbocycles. The van der Waals surface area contributed by atoms with Crippen LogP contribution in [0.4, 0.5) is 0 Å². The van der Waals surface area contributed by atoms with Crippen LogP contribution in [0.15, 0.2) is 23.9 Å². The molecule has 0 aromatic rings. The molecule has 0 heterocycles. The number of ketones is 2. The Bertz CT molecular complexity index is 355. The second-order valence-electron chi connectivity index (χ2n) is 4.32. The summed E-state index contributed by atoms with van der Waals surface area (Å²) in [6.45, 7) is 8.29. The zero-order valence-electron chi connectivity index (χ0n) is 11.2. The summed E-state index contributed by atoms with van der Waals surface area (Å²) in [4.78, 5) is 24.9. The topological polar surface area (TPSA) is 49.4 Å². The molecular formula is C14H22N2O2. The standard InChI is InChI=1S/C14H22N2O2/c1-3-16(4-2)10-6-5-9-15-13-11-12(17)7-8-14(13)18/h7-8,11,15H,3-6,9-10H2,1-2H3. The fraction of sp³-hybridized carbons (Fsp3) is 0.571. The van der Waals surface area contributed by atoms with Crippen molar-refractivity contribution in [3.63, 3.8) is 0 Å². The maximum atomic E-state index is 11.4. The van der Waals surface area contributed by atoms with Gasteiger partial charge in [0.15, 0.2) is 5.78 Å². The maximum Gasteiger partial charge on any atom is 0.201 e. The van der Waals surface area contributed by atoms with Gasteiger partial charge in [0.25, 0.3) is 0 Å². The fourth-order valence-corrected chi connectivity index (χ4v) is 1.87. The van der Waals surface area contributed by atoms with Crippen molar-refractivity contribution >= 4 is 11.6 Å². The Balaban J connectivity index is 2.18. The molecule has 1 aliphatic rings. The quantitative estimate of drug-likeness (QED) is 0.521. The van der Waals surface area contributed by atoms with E-state index >= 15 is 0 Å². The SMILES string of the molecule is CCN(CC)CCCCNC1=CC(=O)C=CC1=O. The predicted octanol–water partition coefficient (Wildman–Crippen LogP) is 1.29. The minimum Gasteiger partial charge on any atom is -0.382 e. The van der Waals surface area contributed by atoms with Crippen LogP contribution in [0.1, 0.15) is 26.7 Å². The number of hydrogen-bond donors (Lipinski definition) is 1. The van der Waals surface area contributed by atoms with Crippen LogP contribution in [0.25, 0.3) is 0 Å². The van der Waals surface area contributed by atoms with Crippen molar-refractivity contribution < 1.29 is 9.59 Å². The zero-order chi connectivity index (χ0) is 13.4. The summed E-state index contributed by atoms with van der Waals surface area (Å²) in [6.07, 6.45) is 6.08. The number of allylic oxidation sites excluding steroid dienone is 3. The Morgan fingerprint density at radius 2 is 1.83 bits per heavy atom. The molecule has 0 bridgehead atoms.